The first-order valence-corrected chi connectivity index (χ1v) is 13.0. The molecule has 1 heterocycles. The van der Waals surface area contributed by atoms with E-state index in [1.54, 1.807) is 0 Å². The van der Waals surface area contributed by atoms with Crippen LogP contribution < -0.4 is 0 Å². The van der Waals surface area contributed by atoms with E-state index in [0.29, 0.717) is 44.1 Å². The van der Waals surface area contributed by atoms with E-state index < -0.39 is 17.0 Å². The zero-order chi connectivity index (χ0) is 23.9. The van der Waals surface area contributed by atoms with Crippen molar-refractivity contribution in [3.05, 3.63) is 72.1 Å². The molecule has 6 rings (SSSR count). The third-order valence-corrected chi connectivity index (χ3v) is 8.18. The van der Waals surface area contributed by atoms with Crippen LogP contribution in [0.1, 0.15) is 62.8 Å². The Bertz CT molecular complexity index is 1170. The van der Waals surface area contributed by atoms with Crippen LogP contribution in [-0.4, -0.2) is 32.4 Å². The van der Waals surface area contributed by atoms with Gasteiger partial charge in [0.1, 0.15) is 5.60 Å². The van der Waals surface area contributed by atoms with Crippen LogP contribution in [0.25, 0.3) is 11.4 Å². The minimum Gasteiger partial charge on any atom is -0.481 e. The molecule has 3 aromatic rings. The number of nitrogens with zero attached hydrogens (tertiary/aromatic N) is 3. The quantitative estimate of drug-likeness (QED) is 0.441. The molecule has 2 aromatic carbocycles. The van der Waals surface area contributed by atoms with Gasteiger partial charge < -0.3 is 9.84 Å². The Labute approximate surface area is 206 Å². The van der Waals surface area contributed by atoms with Crippen LogP contribution in [-0.2, 0) is 27.1 Å². The fourth-order valence-electron chi connectivity index (χ4n) is 5.47. The fraction of sp³-hybridized carbons (Fsp3) is 0.483. The number of aliphatic carboxylic acids is 1. The van der Waals surface area contributed by atoms with Crippen molar-refractivity contribution in [2.75, 3.05) is 6.61 Å². The molecule has 35 heavy (non-hydrogen) atoms. The summed E-state index contributed by atoms with van der Waals surface area (Å²) in [6, 6.07) is 19.9. The van der Waals surface area contributed by atoms with E-state index in [1.165, 1.54) is 25.7 Å². The molecule has 3 fully saturated rings. The predicted molar refractivity (Wildman–Crippen MR) is 133 cm³/mol. The van der Waals surface area contributed by atoms with Gasteiger partial charge in [-0.3, -0.25) is 4.79 Å². The lowest BCUT2D eigenvalue weighted by molar-refractivity contribution is -0.151. The van der Waals surface area contributed by atoms with Gasteiger partial charge in [0.25, 0.3) is 0 Å². The average Bonchev–Trinajstić information content (AvgIpc) is 3.83. The second-order valence-electron chi connectivity index (χ2n) is 10.8. The zero-order valence-electron chi connectivity index (χ0n) is 20.1. The first-order valence-electron chi connectivity index (χ1n) is 13.0. The first-order chi connectivity index (χ1) is 17.1. The molecular weight excluding hydrogens is 438 g/mol. The van der Waals surface area contributed by atoms with Crippen molar-refractivity contribution >= 4 is 5.97 Å². The number of hydrogen-bond acceptors (Lipinski definition) is 4. The summed E-state index contributed by atoms with van der Waals surface area (Å²) in [6.07, 6.45) is 7.11. The molecule has 1 N–H and O–H groups in total. The summed E-state index contributed by atoms with van der Waals surface area (Å²) in [7, 11) is 0. The number of hydrogen-bond donors (Lipinski definition) is 1. The van der Waals surface area contributed by atoms with E-state index in [1.807, 2.05) is 48.5 Å². The molecule has 3 saturated carbocycles. The Morgan fingerprint density at radius 2 is 1.54 bits per heavy atom. The Hall–Kier alpha value is -2.99. The van der Waals surface area contributed by atoms with Crippen LogP contribution in [0.4, 0.5) is 0 Å². The second kappa shape index (κ2) is 8.90. The summed E-state index contributed by atoms with van der Waals surface area (Å²) >= 11 is 0. The highest BCUT2D eigenvalue weighted by Gasteiger charge is 2.52. The molecule has 0 amide bonds. The van der Waals surface area contributed by atoms with Crippen molar-refractivity contribution in [2.45, 2.75) is 68.9 Å². The van der Waals surface area contributed by atoms with E-state index in [2.05, 4.69) is 16.8 Å². The largest absolute Gasteiger partial charge is 0.481 e. The van der Waals surface area contributed by atoms with Gasteiger partial charge >= 0.3 is 5.97 Å². The molecule has 6 heteroatoms. The summed E-state index contributed by atoms with van der Waals surface area (Å²) in [4.78, 5) is 17.7. The highest BCUT2D eigenvalue weighted by Crippen LogP contribution is 2.50. The maximum atomic E-state index is 12.6. The Morgan fingerprint density at radius 3 is 2.14 bits per heavy atom. The Balaban J connectivity index is 1.36. The molecule has 0 radical (unpaired) electrons. The van der Waals surface area contributed by atoms with Crippen LogP contribution in [0, 0.1) is 11.8 Å². The number of aromatic nitrogens is 3. The summed E-state index contributed by atoms with van der Waals surface area (Å²) in [6.45, 7) is 1.57. The molecule has 3 aliphatic carbocycles. The van der Waals surface area contributed by atoms with Gasteiger partial charge in [0.15, 0.2) is 11.6 Å². The van der Waals surface area contributed by atoms with E-state index in [0.717, 1.165) is 29.3 Å². The molecule has 3 aliphatic rings. The van der Waals surface area contributed by atoms with Gasteiger partial charge in [0.05, 0.1) is 12.0 Å². The van der Waals surface area contributed by atoms with Crippen LogP contribution in [0.5, 0.6) is 0 Å². The highest BCUT2D eigenvalue weighted by molar-refractivity contribution is 5.81. The molecule has 0 unspecified atom stereocenters. The summed E-state index contributed by atoms with van der Waals surface area (Å²) in [5.74, 6) is 2.13. The maximum absolute atomic E-state index is 12.6. The van der Waals surface area contributed by atoms with Crippen LogP contribution >= 0.6 is 0 Å². The number of carbonyl (C=O) groups is 1. The number of carboxylic acids is 1. The lowest BCUT2D eigenvalue weighted by Gasteiger charge is -2.43. The van der Waals surface area contributed by atoms with Crippen molar-refractivity contribution in [1.29, 1.82) is 0 Å². The number of ether oxygens (including phenoxy) is 1. The van der Waals surface area contributed by atoms with Crippen LogP contribution in [0.3, 0.4) is 0 Å². The first kappa shape index (κ1) is 22.5. The third-order valence-electron chi connectivity index (χ3n) is 8.18. The lowest BCUT2D eigenvalue weighted by Crippen LogP contribution is -2.46. The second-order valence-corrected chi connectivity index (χ2v) is 10.8. The summed E-state index contributed by atoms with van der Waals surface area (Å²) in [5.41, 5.74) is 0.394. The highest BCUT2D eigenvalue weighted by atomic mass is 16.5. The predicted octanol–water partition coefficient (Wildman–Crippen LogP) is 5.57. The third kappa shape index (κ3) is 4.40. The van der Waals surface area contributed by atoms with Gasteiger partial charge in [-0.25, -0.2) is 9.67 Å². The van der Waals surface area contributed by atoms with Gasteiger partial charge in [-0.15, -0.1) is 0 Å². The van der Waals surface area contributed by atoms with Crippen molar-refractivity contribution in [3.8, 4) is 11.4 Å². The van der Waals surface area contributed by atoms with Crippen LogP contribution in [0.2, 0.25) is 0 Å². The zero-order valence-corrected chi connectivity index (χ0v) is 20.1. The summed E-state index contributed by atoms with van der Waals surface area (Å²) < 4.78 is 8.75. The maximum Gasteiger partial charge on any atom is 0.314 e. The van der Waals surface area contributed by atoms with Crippen molar-refractivity contribution in [1.82, 2.24) is 14.8 Å². The molecule has 0 aliphatic heterocycles. The van der Waals surface area contributed by atoms with Gasteiger partial charge in [0.2, 0.25) is 0 Å². The SMILES string of the molecule is O=C(O)C1(c2ccccc2)CCC(OCC2CC2)(c2nc(-c3ccccc3)n(CC3CC3)n2)CC1. The van der Waals surface area contributed by atoms with Gasteiger partial charge in [-0.1, -0.05) is 60.7 Å². The number of carboxylic acid groups (broad SMARTS) is 1. The monoisotopic (exact) mass is 471 g/mol. The van der Waals surface area contributed by atoms with E-state index in [-0.39, 0.29) is 0 Å². The smallest absolute Gasteiger partial charge is 0.314 e. The van der Waals surface area contributed by atoms with Crippen molar-refractivity contribution < 1.29 is 14.6 Å². The van der Waals surface area contributed by atoms with Gasteiger partial charge in [-0.2, -0.15) is 5.10 Å². The summed E-state index contributed by atoms with van der Waals surface area (Å²) in [5, 5.41) is 15.4. The van der Waals surface area contributed by atoms with E-state index >= 15 is 0 Å². The van der Waals surface area contributed by atoms with Gasteiger partial charge in [-0.05, 0) is 68.8 Å². The minimum atomic E-state index is -0.896. The molecule has 0 bridgehead atoms. The normalized spacial score (nSPS) is 26.5. The van der Waals surface area contributed by atoms with Crippen molar-refractivity contribution in [3.63, 3.8) is 0 Å². The standard InChI is InChI=1S/C29H33N3O3/c33-27(34)28(24-9-5-2-6-10-24)15-17-29(18-16-28,35-20-22-13-14-22)26-30-25(23-7-3-1-4-8-23)32(31-26)19-21-11-12-21/h1-10,21-22H,11-20H2,(H,33,34). The molecule has 182 valence electrons. The molecular formula is C29H33N3O3. The van der Waals surface area contributed by atoms with Gasteiger partial charge in [0, 0.05) is 12.1 Å². The molecule has 0 saturated heterocycles. The fourth-order valence-corrected chi connectivity index (χ4v) is 5.47. The topological polar surface area (TPSA) is 77.2 Å². The van der Waals surface area contributed by atoms with Crippen LogP contribution in [0.15, 0.2) is 60.7 Å². The van der Waals surface area contributed by atoms with E-state index in [4.69, 9.17) is 14.8 Å². The average molecular weight is 472 g/mol. The van der Waals surface area contributed by atoms with Crippen molar-refractivity contribution in [2.24, 2.45) is 11.8 Å². The Morgan fingerprint density at radius 1 is 0.914 bits per heavy atom. The number of rotatable bonds is 9. The molecule has 6 nitrogen and oxygen atoms in total. The molecule has 0 atom stereocenters. The molecule has 1 aromatic heterocycles. The minimum absolute atomic E-state index is 0.509. The molecule has 0 spiro atoms. The lowest BCUT2D eigenvalue weighted by atomic mass is 9.65. The Kier molecular flexibility index (Phi) is 5.72. The number of benzene rings is 2. The van der Waals surface area contributed by atoms with E-state index in [9.17, 15) is 9.90 Å².